The van der Waals surface area contributed by atoms with Crippen LogP contribution >= 0.6 is 0 Å². The van der Waals surface area contributed by atoms with Crippen molar-refractivity contribution in [3.8, 4) is 11.5 Å². The Morgan fingerprint density at radius 2 is 2.12 bits per heavy atom. The van der Waals surface area contributed by atoms with Crippen LogP contribution < -0.4 is 9.47 Å². The fourth-order valence-corrected chi connectivity index (χ4v) is 2.24. The Morgan fingerprint density at radius 1 is 1.25 bits per heavy atom. The lowest BCUT2D eigenvalue weighted by atomic mass is 10.1. The summed E-state index contributed by atoms with van der Waals surface area (Å²) in [6, 6.07) is 5.86. The molecule has 3 nitrogen and oxygen atoms in total. The first-order valence-electron chi connectivity index (χ1n) is 5.61. The maximum Gasteiger partial charge on any atom is 0.231 e. The van der Waals surface area contributed by atoms with Crippen molar-refractivity contribution in [1.82, 2.24) is 0 Å². The molecule has 16 heavy (non-hydrogen) atoms. The number of hydrogen-bond acceptors (Lipinski definition) is 3. The van der Waals surface area contributed by atoms with Crippen molar-refractivity contribution in [2.75, 3.05) is 6.79 Å². The van der Waals surface area contributed by atoms with Crippen LogP contribution in [-0.2, 0) is 0 Å². The lowest BCUT2D eigenvalue weighted by Crippen LogP contribution is -2.00. The van der Waals surface area contributed by atoms with Gasteiger partial charge in [0, 0.05) is 0 Å². The summed E-state index contributed by atoms with van der Waals surface area (Å²) in [4.78, 5) is 0. The smallest absolute Gasteiger partial charge is 0.231 e. The Hall–Kier alpha value is -1.48. The quantitative estimate of drug-likeness (QED) is 0.786. The van der Waals surface area contributed by atoms with E-state index >= 15 is 0 Å². The van der Waals surface area contributed by atoms with Crippen molar-refractivity contribution < 1.29 is 14.6 Å². The number of aliphatic hydroxyl groups is 1. The molecular formula is C13H14O3. The van der Waals surface area contributed by atoms with Crippen molar-refractivity contribution in [2.45, 2.75) is 25.4 Å². The molecule has 0 spiro atoms. The zero-order valence-corrected chi connectivity index (χ0v) is 8.98. The number of ether oxygens (including phenoxy) is 2. The molecule has 3 rings (SSSR count). The summed E-state index contributed by atoms with van der Waals surface area (Å²) >= 11 is 0. The number of rotatable bonds is 1. The standard InChI is InChI=1S/C13H14O3/c14-11-3-1-2-10(11)6-9-4-5-12-13(7-9)16-8-15-12/h4-7,11,14H,1-3,8H2/b10-6-. The third-order valence-electron chi connectivity index (χ3n) is 3.12. The van der Waals surface area contributed by atoms with E-state index < -0.39 is 0 Å². The molecule has 0 saturated heterocycles. The zero-order chi connectivity index (χ0) is 11.0. The summed E-state index contributed by atoms with van der Waals surface area (Å²) < 4.78 is 10.6. The molecule has 0 amide bonds. The second-order valence-corrected chi connectivity index (χ2v) is 4.24. The van der Waals surface area contributed by atoms with Crippen LogP contribution in [-0.4, -0.2) is 18.0 Å². The van der Waals surface area contributed by atoms with Gasteiger partial charge in [-0.1, -0.05) is 12.1 Å². The monoisotopic (exact) mass is 218 g/mol. The second kappa shape index (κ2) is 3.83. The van der Waals surface area contributed by atoms with E-state index in [0.717, 1.165) is 41.9 Å². The first-order valence-corrected chi connectivity index (χ1v) is 5.61. The maximum atomic E-state index is 9.72. The zero-order valence-electron chi connectivity index (χ0n) is 8.98. The van der Waals surface area contributed by atoms with Gasteiger partial charge in [-0.25, -0.2) is 0 Å². The van der Waals surface area contributed by atoms with Gasteiger partial charge in [-0.3, -0.25) is 0 Å². The van der Waals surface area contributed by atoms with Gasteiger partial charge in [0.25, 0.3) is 0 Å². The molecule has 0 bridgehead atoms. The number of hydrogen-bond donors (Lipinski definition) is 1. The lowest BCUT2D eigenvalue weighted by molar-refractivity contribution is 0.174. The number of aliphatic hydroxyl groups excluding tert-OH is 1. The van der Waals surface area contributed by atoms with Crippen LogP contribution in [0, 0.1) is 0 Å². The van der Waals surface area contributed by atoms with E-state index in [-0.39, 0.29) is 6.10 Å². The molecule has 1 aliphatic carbocycles. The molecule has 1 heterocycles. The van der Waals surface area contributed by atoms with Crippen molar-refractivity contribution in [3.05, 3.63) is 29.3 Å². The first-order chi connectivity index (χ1) is 7.83. The SMILES string of the molecule is OC1CCC/C1=C/c1ccc2c(c1)OCO2. The van der Waals surface area contributed by atoms with Gasteiger partial charge in [0.05, 0.1) is 6.10 Å². The molecule has 1 unspecified atom stereocenters. The Balaban J connectivity index is 1.90. The molecule has 1 aromatic rings. The van der Waals surface area contributed by atoms with Crippen molar-refractivity contribution >= 4 is 6.08 Å². The fraction of sp³-hybridized carbons (Fsp3) is 0.385. The van der Waals surface area contributed by atoms with E-state index in [1.165, 1.54) is 0 Å². The molecule has 1 aliphatic heterocycles. The average molecular weight is 218 g/mol. The summed E-state index contributed by atoms with van der Waals surface area (Å²) in [5.74, 6) is 1.59. The topological polar surface area (TPSA) is 38.7 Å². The van der Waals surface area contributed by atoms with E-state index in [9.17, 15) is 5.11 Å². The molecule has 2 aliphatic rings. The minimum Gasteiger partial charge on any atom is -0.454 e. The summed E-state index contributed by atoms with van der Waals surface area (Å²) in [5, 5.41) is 9.72. The third kappa shape index (κ3) is 1.67. The Labute approximate surface area is 94.3 Å². The summed E-state index contributed by atoms with van der Waals surface area (Å²) in [5.41, 5.74) is 2.19. The first kappa shape index (κ1) is 9.73. The highest BCUT2D eigenvalue weighted by Crippen LogP contribution is 2.34. The highest BCUT2D eigenvalue weighted by Gasteiger charge is 2.18. The van der Waals surface area contributed by atoms with Gasteiger partial charge < -0.3 is 14.6 Å². The average Bonchev–Trinajstić information content (AvgIpc) is 2.88. The fourth-order valence-electron chi connectivity index (χ4n) is 2.24. The van der Waals surface area contributed by atoms with Gasteiger partial charge in [-0.05, 0) is 42.5 Å². The van der Waals surface area contributed by atoms with Crippen LogP contribution in [0.15, 0.2) is 23.8 Å². The van der Waals surface area contributed by atoms with Crippen LogP contribution in [0.3, 0.4) is 0 Å². The molecule has 84 valence electrons. The molecule has 3 heteroatoms. The third-order valence-corrected chi connectivity index (χ3v) is 3.12. The summed E-state index contributed by atoms with van der Waals surface area (Å²) in [6.45, 7) is 0.304. The van der Waals surface area contributed by atoms with E-state index in [0.29, 0.717) is 6.79 Å². The van der Waals surface area contributed by atoms with Gasteiger partial charge in [0.1, 0.15) is 0 Å². The Morgan fingerprint density at radius 3 is 2.94 bits per heavy atom. The molecule has 0 aromatic heterocycles. The molecule has 1 aromatic carbocycles. The van der Waals surface area contributed by atoms with E-state index in [1.54, 1.807) is 0 Å². The minimum absolute atomic E-state index is 0.259. The van der Waals surface area contributed by atoms with Crippen LogP contribution in [0.4, 0.5) is 0 Å². The largest absolute Gasteiger partial charge is 0.454 e. The molecule has 0 radical (unpaired) electrons. The second-order valence-electron chi connectivity index (χ2n) is 4.24. The van der Waals surface area contributed by atoms with Gasteiger partial charge in [-0.2, -0.15) is 0 Å². The molecular weight excluding hydrogens is 204 g/mol. The molecule has 1 N–H and O–H groups in total. The molecule has 1 atom stereocenters. The van der Waals surface area contributed by atoms with Gasteiger partial charge in [-0.15, -0.1) is 0 Å². The normalized spacial score (nSPS) is 25.3. The van der Waals surface area contributed by atoms with Crippen LogP contribution in [0.25, 0.3) is 6.08 Å². The van der Waals surface area contributed by atoms with E-state index in [2.05, 4.69) is 6.08 Å². The highest BCUT2D eigenvalue weighted by atomic mass is 16.7. The summed E-state index contributed by atoms with van der Waals surface area (Å²) in [6.07, 6.45) is 4.76. The van der Waals surface area contributed by atoms with Gasteiger partial charge >= 0.3 is 0 Å². The molecule has 1 saturated carbocycles. The van der Waals surface area contributed by atoms with Crippen molar-refractivity contribution in [2.24, 2.45) is 0 Å². The maximum absolute atomic E-state index is 9.72. The van der Waals surface area contributed by atoms with Crippen LogP contribution in [0.1, 0.15) is 24.8 Å². The highest BCUT2D eigenvalue weighted by molar-refractivity contribution is 5.59. The lowest BCUT2D eigenvalue weighted by Gasteiger charge is -2.04. The van der Waals surface area contributed by atoms with Crippen LogP contribution in [0.5, 0.6) is 11.5 Å². The van der Waals surface area contributed by atoms with E-state index in [1.807, 2.05) is 18.2 Å². The summed E-state index contributed by atoms with van der Waals surface area (Å²) in [7, 11) is 0. The van der Waals surface area contributed by atoms with Gasteiger partial charge in [0.15, 0.2) is 11.5 Å². The van der Waals surface area contributed by atoms with E-state index in [4.69, 9.17) is 9.47 Å². The molecule has 1 fully saturated rings. The van der Waals surface area contributed by atoms with Crippen LogP contribution in [0.2, 0.25) is 0 Å². The predicted octanol–water partition coefficient (Wildman–Crippen LogP) is 2.34. The predicted molar refractivity (Wildman–Crippen MR) is 60.4 cm³/mol. The Bertz CT molecular complexity index is 437. The number of fused-ring (bicyclic) bond motifs is 1. The van der Waals surface area contributed by atoms with Crippen molar-refractivity contribution in [1.29, 1.82) is 0 Å². The number of benzene rings is 1. The van der Waals surface area contributed by atoms with Gasteiger partial charge in [0.2, 0.25) is 6.79 Å². The minimum atomic E-state index is -0.259. The van der Waals surface area contributed by atoms with Crippen molar-refractivity contribution in [3.63, 3.8) is 0 Å². The Kier molecular flexibility index (Phi) is 2.33.